The molecule has 0 saturated heterocycles. The fourth-order valence-corrected chi connectivity index (χ4v) is 1.68. The van der Waals surface area contributed by atoms with Crippen LogP contribution in [0.4, 0.5) is 5.69 Å². The number of benzene rings is 1. The average molecular weight is 297 g/mol. The lowest BCUT2D eigenvalue weighted by molar-refractivity contribution is -0.385. The molecule has 1 heterocycles. The molecule has 0 aliphatic carbocycles. The zero-order valence-electron chi connectivity index (χ0n) is 9.00. The number of halogens is 1. The van der Waals surface area contributed by atoms with Crippen LogP contribution in [0.5, 0.6) is 0 Å². The van der Waals surface area contributed by atoms with E-state index in [2.05, 4.69) is 26.2 Å². The summed E-state index contributed by atoms with van der Waals surface area (Å²) in [4.78, 5) is 10.4. The lowest BCUT2D eigenvalue weighted by Gasteiger charge is -2.01. The van der Waals surface area contributed by atoms with Crippen molar-refractivity contribution in [1.29, 1.82) is 0 Å². The second-order valence-corrected chi connectivity index (χ2v) is 4.08. The smallest absolute Gasteiger partial charge is 0.258 e. The minimum atomic E-state index is -0.402. The molecule has 1 aromatic carbocycles. The van der Waals surface area contributed by atoms with E-state index in [0.717, 1.165) is 5.69 Å². The van der Waals surface area contributed by atoms with Crippen LogP contribution in [-0.4, -0.2) is 19.9 Å². The summed E-state index contributed by atoms with van der Waals surface area (Å²) in [6, 6.07) is 4.96. The van der Waals surface area contributed by atoms with Crippen molar-refractivity contribution in [2.24, 2.45) is 0 Å². The van der Waals surface area contributed by atoms with Crippen molar-refractivity contribution in [2.75, 3.05) is 0 Å². The van der Waals surface area contributed by atoms with Crippen molar-refractivity contribution < 1.29 is 4.92 Å². The van der Waals surface area contributed by atoms with Crippen molar-refractivity contribution in [3.8, 4) is 5.69 Å². The normalized spacial score (nSPS) is 10.5. The summed E-state index contributed by atoms with van der Waals surface area (Å²) < 4.78 is 1.52. The van der Waals surface area contributed by atoms with Crippen LogP contribution in [-0.2, 0) is 5.33 Å². The van der Waals surface area contributed by atoms with Crippen molar-refractivity contribution in [2.45, 2.75) is 12.3 Å². The van der Waals surface area contributed by atoms with Crippen LogP contribution in [0.25, 0.3) is 5.69 Å². The van der Waals surface area contributed by atoms with E-state index < -0.39 is 4.92 Å². The molecule has 0 bridgehead atoms. The van der Waals surface area contributed by atoms with E-state index in [0.29, 0.717) is 16.6 Å². The maximum absolute atomic E-state index is 10.8. The number of nitro groups is 1. The van der Waals surface area contributed by atoms with Gasteiger partial charge in [-0.15, -0.1) is 5.10 Å². The second-order valence-electron chi connectivity index (χ2n) is 3.52. The maximum atomic E-state index is 10.8. The summed E-state index contributed by atoms with van der Waals surface area (Å²) in [7, 11) is 0. The molecule has 0 radical (unpaired) electrons. The van der Waals surface area contributed by atoms with Crippen LogP contribution < -0.4 is 0 Å². The predicted molar refractivity (Wildman–Crippen MR) is 65.4 cm³/mol. The molecule has 2 rings (SSSR count). The molecule has 0 atom stereocenters. The van der Waals surface area contributed by atoms with Gasteiger partial charge in [0.15, 0.2) is 0 Å². The van der Waals surface area contributed by atoms with Gasteiger partial charge in [0.1, 0.15) is 0 Å². The molecule has 0 fully saturated rings. The highest BCUT2D eigenvalue weighted by atomic mass is 79.9. The van der Waals surface area contributed by atoms with Crippen LogP contribution in [0.15, 0.2) is 24.4 Å². The molecule has 0 aliphatic heterocycles. The second kappa shape index (κ2) is 4.62. The van der Waals surface area contributed by atoms with E-state index in [1.807, 2.05) is 0 Å². The maximum Gasteiger partial charge on any atom is 0.274 e. The molecular weight excluding hydrogens is 288 g/mol. The molecular formula is C10H9BrN4O2. The van der Waals surface area contributed by atoms with Crippen LogP contribution in [0.2, 0.25) is 0 Å². The summed E-state index contributed by atoms with van der Waals surface area (Å²) in [6.07, 6.45) is 1.73. The third kappa shape index (κ3) is 2.33. The Kier molecular flexibility index (Phi) is 3.19. The predicted octanol–water partition coefficient (Wildman–Crippen LogP) is 2.38. The van der Waals surface area contributed by atoms with E-state index in [4.69, 9.17) is 0 Å². The van der Waals surface area contributed by atoms with E-state index in [1.54, 1.807) is 25.3 Å². The molecule has 88 valence electrons. The van der Waals surface area contributed by atoms with Crippen LogP contribution in [0, 0.1) is 17.0 Å². The molecule has 17 heavy (non-hydrogen) atoms. The minimum absolute atomic E-state index is 0.0818. The average Bonchev–Trinajstić information content (AvgIpc) is 2.78. The molecule has 0 unspecified atom stereocenters. The number of nitrogens with zero attached hydrogens (tertiary/aromatic N) is 4. The van der Waals surface area contributed by atoms with Gasteiger partial charge in [-0.1, -0.05) is 27.2 Å². The first-order valence-electron chi connectivity index (χ1n) is 4.84. The standard InChI is InChI=1S/C10H9BrN4O2/c1-7-2-3-9(4-10(7)15(16)17)14-6-8(5-11)12-13-14/h2-4,6H,5H2,1H3. The van der Waals surface area contributed by atoms with Gasteiger partial charge < -0.3 is 0 Å². The van der Waals surface area contributed by atoms with E-state index >= 15 is 0 Å². The summed E-state index contributed by atoms with van der Waals surface area (Å²) in [5.74, 6) is 0. The monoisotopic (exact) mass is 296 g/mol. The van der Waals surface area contributed by atoms with Crippen LogP contribution in [0.1, 0.15) is 11.3 Å². The quantitative estimate of drug-likeness (QED) is 0.495. The summed E-state index contributed by atoms with van der Waals surface area (Å²) in [5, 5.41) is 19.2. The molecule has 0 aliphatic rings. The molecule has 0 spiro atoms. The highest BCUT2D eigenvalue weighted by molar-refractivity contribution is 9.08. The first-order chi connectivity index (χ1) is 8.11. The number of aryl methyl sites for hydroxylation is 1. The largest absolute Gasteiger partial charge is 0.274 e. The third-order valence-corrected chi connectivity index (χ3v) is 2.91. The molecule has 1 aromatic heterocycles. The van der Waals surface area contributed by atoms with Gasteiger partial charge in [-0.05, 0) is 13.0 Å². The number of hydrogen-bond acceptors (Lipinski definition) is 4. The lowest BCUT2D eigenvalue weighted by atomic mass is 10.2. The van der Waals surface area contributed by atoms with Crippen molar-refractivity contribution in [3.63, 3.8) is 0 Å². The van der Waals surface area contributed by atoms with E-state index in [1.165, 1.54) is 10.7 Å². The van der Waals surface area contributed by atoms with Crippen molar-refractivity contribution in [1.82, 2.24) is 15.0 Å². The molecule has 0 N–H and O–H groups in total. The minimum Gasteiger partial charge on any atom is -0.258 e. The van der Waals surface area contributed by atoms with Crippen LogP contribution >= 0.6 is 15.9 Å². The van der Waals surface area contributed by atoms with Crippen molar-refractivity contribution in [3.05, 3.63) is 45.8 Å². The Balaban J connectivity index is 2.46. The molecule has 6 nitrogen and oxygen atoms in total. The first-order valence-corrected chi connectivity index (χ1v) is 5.96. The summed E-state index contributed by atoms with van der Waals surface area (Å²) in [5.41, 5.74) is 2.10. The Morgan fingerprint density at radius 1 is 1.53 bits per heavy atom. The number of nitro benzene ring substituents is 1. The Morgan fingerprint density at radius 3 is 2.88 bits per heavy atom. The fraction of sp³-hybridized carbons (Fsp3) is 0.200. The third-order valence-electron chi connectivity index (χ3n) is 2.33. The zero-order valence-corrected chi connectivity index (χ0v) is 10.6. The van der Waals surface area contributed by atoms with E-state index in [-0.39, 0.29) is 5.69 Å². The first kappa shape index (κ1) is 11.7. The number of aromatic nitrogens is 3. The summed E-state index contributed by atoms with van der Waals surface area (Å²) in [6.45, 7) is 1.70. The highest BCUT2D eigenvalue weighted by Crippen LogP contribution is 2.21. The summed E-state index contributed by atoms with van der Waals surface area (Å²) >= 11 is 3.27. The lowest BCUT2D eigenvalue weighted by Crippen LogP contribution is -1.98. The van der Waals surface area contributed by atoms with Gasteiger partial charge in [0.2, 0.25) is 0 Å². The Bertz CT molecular complexity index is 567. The molecule has 2 aromatic rings. The Morgan fingerprint density at radius 2 is 2.29 bits per heavy atom. The number of alkyl halides is 1. The van der Waals surface area contributed by atoms with Crippen LogP contribution in [0.3, 0.4) is 0 Å². The fourth-order valence-electron chi connectivity index (χ4n) is 1.42. The molecule has 0 amide bonds. The van der Waals surface area contributed by atoms with Gasteiger partial charge in [0.25, 0.3) is 5.69 Å². The number of rotatable bonds is 3. The SMILES string of the molecule is Cc1ccc(-n2cc(CBr)nn2)cc1[N+](=O)[O-]. The highest BCUT2D eigenvalue weighted by Gasteiger charge is 2.12. The zero-order chi connectivity index (χ0) is 12.4. The Labute approximate surface area is 106 Å². The van der Waals surface area contributed by atoms with Gasteiger partial charge in [-0.2, -0.15) is 0 Å². The molecule has 7 heteroatoms. The van der Waals surface area contributed by atoms with Gasteiger partial charge in [0.05, 0.1) is 22.5 Å². The van der Waals surface area contributed by atoms with Crippen molar-refractivity contribution >= 4 is 21.6 Å². The van der Waals surface area contributed by atoms with Gasteiger partial charge in [-0.25, -0.2) is 4.68 Å². The van der Waals surface area contributed by atoms with Gasteiger partial charge in [0, 0.05) is 17.0 Å². The van der Waals surface area contributed by atoms with Gasteiger partial charge in [-0.3, -0.25) is 10.1 Å². The van der Waals surface area contributed by atoms with Gasteiger partial charge >= 0.3 is 0 Å². The van der Waals surface area contributed by atoms with E-state index in [9.17, 15) is 10.1 Å². The topological polar surface area (TPSA) is 73.8 Å². The number of hydrogen-bond donors (Lipinski definition) is 0. The Hall–Kier alpha value is -1.76. The molecule has 0 saturated carbocycles.